The largest absolute Gasteiger partial charge is 0.454 e. The number of carbonyl (C=O) groups is 2. The van der Waals surface area contributed by atoms with Crippen molar-refractivity contribution >= 4 is 29.4 Å². The summed E-state index contributed by atoms with van der Waals surface area (Å²) >= 11 is 5.80. The number of nitrogens with zero attached hydrogens (tertiary/aromatic N) is 2. The first-order chi connectivity index (χ1) is 13.5. The highest BCUT2D eigenvalue weighted by molar-refractivity contribution is 6.30. The second kappa shape index (κ2) is 8.67. The molecule has 1 aromatic heterocycles. The van der Waals surface area contributed by atoms with Crippen LogP contribution in [-0.4, -0.2) is 28.1 Å². The van der Waals surface area contributed by atoms with Crippen LogP contribution in [0.5, 0.6) is 0 Å². The van der Waals surface area contributed by atoms with Crippen LogP contribution in [0.4, 0.5) is 0 Å². The summed E-state index contributed by atoms with van der Waals surface area (Å²) in [4.78, 5) is 24.0. The van der Waals surface area contributed by atoms with Crippen molar-refractivity contribution < 1.29 is 14.3 Å². The molecule has 0 N–H and O–H groups in total. The Bertz CT molecular complexity index is 1020. The van der Waals surface area contributed by atoms with Crippen LogP contribution in [0, 0.1) is 13.8 Å². The second-order valence-electron chi connectivity index (χ2n) is 6.20. The van der Waals surface area contributed by atoms with Gasteiger partial charge < -0.3 is 4.74 Å². The van der Waals surface area contributed by atoms with Gasteiger partial charge in [-0.3, -0.25) is 4.79 Å². The van der Waals surface area contributed by atoms with E-state index < -0.39 is 5.97 Å². The Hall–Kier alpha value is -3.18. The third-order valence-electron chi connectivity index (χ3n) is 4.25. The predicted molar refractivity (Wildman–Crippen MR) is 109 cm³/mol. The van der Waals surface area contributed by atoms with E-state index in [4.69, 9.17) is 16.3 Å². The lowest BCUT2D eigenvalue weighted by Crippen LogP contribution is -2.12. The molecule has 0 aliphatic rings. The third-order valence-corrected chi connectivity index (χ3v) is 4.50. The molecule has 3 aromatic rings. The second-order valence-corrected chi connectivity index (χ2v) is 6.64. The maximum absolute atomic E-state index is 12.0. The summed E-state index contributed by atoms with van der Waals surface area (Å²) < 4.78 is 6.87. The number of benzene rings is 2. The molecule has 142 valence electrons. The summed E-state index contributed by atoms with van der Waals surface area (Å²) in [5.74, 6) is -0.878. The summed E-state index contributed by atoms with van der Waals surface area (Å²) in [7, 11) is 0. The lowest BCUT2D eigenvalue weighted by Gasteiger charge is -2.04. The zero-order valence-corrected chi connectivity index (χ0v) is 16.3. The predicted octanol–water partition coefficient (Wildman–Crippen LogP) is 4.58. The van der Waals surface area contributed by atoms with Crippen LogP contribution in [-0.2, 0) is 9.53 Å². The fourth-order valence-corrected chi connectivity index (χ4v) is 2.90. The van der Waals surface area contributed by atoms with Crippen LogP contribution in [0.2, 0.25) is 5.02 Å². The molecular formula is C22H19ClN2O3. The van der Waals surface area contributed by atoms with E-state index in [1.165, 1.54) is 6.08 Å². The lowest BCUT2D eigenvalue weighted by molar-refractivity contribution is -0.136. The molecule has 5 nitrogen and oxygen atoms in total. The maximum Gasteiger partial charge on any atom is 0.331 e. The Labute approximate surface area is 168 Å². The fraction of sp³-hybridized carbons (Fsp3) is 0.136. The first kappa shape index (κ1) is 19.6. The monoisotopic (exact) mass is 394 g/mol. The number of esters is 1. The number of para-hydroxylation sites is 1. The quantitative estimate of drug-likeness (QED) is 0.349. The van der Waals surface area contributed by atoms with Gasteiger partial charge in [-0.15, -0.1) is 0 Å². The summed E-state index contributed by atoms with van der Waals surface area (Å²) in [6, 6.07) is 16.2. The molecule has 0 saturated heterocycles. The first-order valence-electron chi connectivity index (χ1n) is 8.71. The van der Waals surface area contributed by atoms with Crippen LogP contribution in [0.15, 0.2) is 60.7 Å². The van der Waals surface area contributed by atoms with Gasteiger partial charge in [0, 0.05) is 27.9 Å². The number of aryl methyl sites for hydroxylation is 1. The normalized spacial score (nSPS) is 11.0. The zero-order valence-electron chi connectivity index (χ0n) is 15.6. The highest BCUT2D eigenvalue weighted by Crippen LogP contribution is 2.19. The van der Waals surface area contributed by atoms with Crippen LogP contribution in [0.3, 0.4) is 0 Å². The topological polar surface area (TPSA) is 61.2 Å². The minimum absolute atomic E-state index is 0.289. The molecule has 0 atom stereocenters. The standard InChI is InChI=1S/C22H19ClN2O3/c1-15-20(16(2)25(24-15)19-6-4-3-5-7-19)12-13-22(27)28-14-21(26)17-8-10-18(23)11-9-17/h3-13H,14H2,1-2H3/b13-12+. The number of hydrogen-bond donors (Lipinski definition) is 0. The van der Waals surface area contributed by atoms with Crippen molar-refractivity contribution in [3.8, 4) is 5.69 Å². The van der Waals surface area contributed by atoms with Crippen molar-refractivity contribution in [2.75, 3.05) is 6.61 Å². The molecule has 0 saturated carbocycles. The third kappa shape index (κ3) is 4.56. The number of ketones is 1. The first-order valence-corrected chi connectivity index (χ1v) is 9.09. The zero-order chi connectivity index (χ0) is 20.1. The molecule has 3 rings (SSSR count). The smallest absolute Gasteiger partial charge is 0.331 e. The molecule has 0 radical (unpaired) electrons. The van der Waals surface area contributed by atoms with Gasteiger partial charge in [0.15, 0.2) is 12.4 Å². The van der Waals surface area contributed by atoms with E-state index in [0.717, 1.165) is 22.6 Å². The van der Waals surface area contributed by atoms with Gasteiger partial charge in [0.1, 0.15) is 0 Å². The highest BCUT2D eigenvalue weighted by Gasteiger charge is 2.12. The van der Waals surface area contributed by atoms with E-state index in [0.29, 0.717) is 10.6 Å². The number of Topliss-reactive ketones (excluding diaryl/α,β-unsaturated/α-hetero) is 1. The van der Waals surface area contributed by atoms with E-state index in [9.17, 15) is 9.59 Å². The van der Waals surface area contributed by atoms with E-state index in [1.807, 2.05) is 48.9 Å². The molecule has 2 aromatic carbocycles. The highest BCUT2D eigenvalue weighted by atomic mass is 35.5. The number of hydrogen-bond acceptors (Lipinski definition) is 4. The number of ether oxygens (including phenoxy) is 1. The molecule has 28 heavy (non-hydrogen) atoms. The Morgan fingerprint density at radius 1 is 1.07 bits per heavy atom. The molecule has 0 aliphatic carbocycles. The van der Waals surface area contributed by atoms with Gasteiger partial charge in [0.05, 0.1) is 11.4 Å². The van der Waals surface area contributed by atoms with Crippen molar-refractivity contribution in [3.05, 3.63) is 88.2 Å². The van der Waals surface area contributed by atoms with Crippen molar-refractivity contribution in [3.63, 3.8) is 0 Å². The summed E-state index contributed by atoms with van der Waals surface area (Å²) in [6.07, 6.45) is 2.97. The number of aromatic nitrogens is 2. The van der Waals surface area contributed by atoms with Gasteiger partial charge in [-0.25, -0.2) is 9.48 Å². The van der Waals surface area contributed by atoms with Crippen molar-refractivity contribution in [2.24, 2.45) is 0 Å². The summed E-state index contributed by atoms with van der Waals surface area (Å²) in [5.41, 5.74) is 3.92. The van der Waals surface area contributed by atoms with E-state index in [2.05, 4.69) is 5.10 Å². The fourth-order valence-electron chi connectivity index (χ4n) is 2.77. The molecule has 0 unspecified atom stereocenters. The molecule has 0 spiro atoms. The maximum atomic E-state index is 12.0. The average molecular weight is 395 g/mol. The number of halogens is 1. The lowest BCUT2D eigenvalue weighted by atomic mass is 10.1. The van der Waals surface area contributed by atoms with E-state index >= 15 is 0 Å². The number of carbonyl (C=O) groups excluding carboxylic acids is 2. The summed E-state index contributed by atoms with van der Waals surface area (Å²) in [5, 5.41) is 5.07. The minimum Gasteiger partial charge on any atom is -0.454 e. The van der Waals surface area contributed by atoms with Gasteiger partial charge in [-0.2, -0.15) is 5.10 Å². The molecule has 0 bridgehead atoms. The van der Waals surface area contributed by atoms with E-state index in [-0.39, 0.29) is 12.4 Å². The molecule has 6 heteroatoms. The summed E-state index contributed by atoms with van der Waals surface area (Å²) in [6.45, 7) is 3.48. The van der Waals surface area contributed by atoms with Crippen molar-refractivity contribution in [1.82, 2.24) is 9.78 Å². The van der Waals surface area contributed by atoms with Crippen LogP contribution >= 0.6 is 11.6 Å². The van der Waals surface area contributed by atoms with Gasteiger partial charge >= 0.3 is 5.97 Å². The number of rotatable bonds is 6. The SMILES string of the molecule is Cc1nn(-c2ccccc2)c(C)c1/C=C/C(=O)OCC(=O)c1ccc(Cl)cc1. The molecule has 0 aliphatic heterocycles. The Kier molecular flexibility index (Phi) is 6.06. The van der Waals surface area contributed by atoms with Crippen molar-refractivity contribution in [1.29, 1.82) is 0 Å². The molecular weight excluding hydrogens is 376 g/mol. The van der Waals surface area contributed by atoms with Crippen molar-refractivity contribution in [2.45, 2.75) is 13.8 Å². The van der Waals surface area contributed by atoms with Crippen LogP contribution in [0.25, 0.3) is 11.8 Å². The Morgan fingerprint density at radius 3 is 2.43 bits per heavy atom. The molecule has 0 fully saturated rings. The van der Waals surface area contributed by atoms with Crippen LogP contribution < -0.4 is 0 Å². The molecule has 1 heterocycles. The van der Waals surface area contributed by atoms with Gasteiger partial charge in [0.2, 0.25) is 0 Å². The van der Waals surface area contributed by atoms with Gasteiger partial charge in [0.25, 0.3) is 0 Å². The van der Waals surface area contributed by atoms with Gasteiger partial charge in [-0.05, 0) is 56.3 Å². The van der Waals surface area contributed by atoms with E-state index in [1.54, 1.807) is 30.3 Å². The minimum atomic E-state index is -0.589. The van der Waals surface area contributed by atoms with Gasteiger partial charge in [-0.1, -0.05) is 29.8 Å². The Morgan fingerprint density at radius 2 is 1.75 bits per heavy atom. The average Bonchev–Trinajstić information content (AvgIpc) is 2.99. The van der Waals surface area contributed by atoms with Crippen LogP contribution in [0.1, 0.15) is 27.3 Å². The Balaban J connectivity index is 1.65. The molecule has 0 amide bonds.